The fourth-order valence-electron chi connectivity index (χ4n) is 4.09. The van der Waals surface area contributed by atoms with E-state index in [-0.39, 0.29) is 6.04 Å². The van der Waals surface area contributed by atoms with E-state index in [0.717, 1.165) is 31.9 Å². The standard InChI is InChI=1S/C26H30N2O/c1-21-8-5-6-11-25(21)26(28-18-7-16-27-17-19-28)23-12-14-24(15-13-23)29-20-22-9-3-2-4-10-22/h2-6,8-15,26-27H,7,16-20H2,1H3. The highest BCUT2D eigenvalue weighted by atomic mass is 16.5. The molecule has 3 aromatic carbocycles. The lowest BCUT2D eigenvalue weighted by Crippen LogP contribution is -2.33. The van der Waals surface area contributed by atoms with E-state index < -0.39 is 0 Å². The van der Waals surface area contributed by atoms with Crippen LogP contribution in [0.25, 0.3) is 0 Å². The number of benzene rings is 3. The van der Waals surface area contributed by atoms with Crippen molar-refractivity contribution >= 4 is 0 Å². The predicted molar refractivity (Wildman–Crippen MR) is 119 cm³/mol. The van der Waals surface area contributed by atoms with Crippen LogP contribution >= 0.6 is 0 Å². The monoisotopic (exact) mass is 386 g/mol. The number of ether oxygens (including phenoxy) is 1. The van der Waals surface area contributed by atoms with Crippen molar-refractivity contribution in [1.82, 2.24) is 10.2 Å². The van der Waals surface area contributed by atoms with Gasteiger partial charge < -0.3 is 10.1 Å². The van der Waals surface area contributed by atoms with Crippen molar-refractivity contribution in [3.63, 3.8) is 0 Å². The Bertz CT molecular complexity index is 884. The Morgan fingerprint density at radius 3 is 2.41 bits per heavy atom. The molecule has 4 rings (SSSR count). The third kappa shape index (κ3) is 5.06. The van der Waals surface area contributed by atoms with E-state index >= 15 is 0 Å². The van der Waals surface area contributed by atoms with E-state index in [4.69, 9.17) is 4.74 Å². The molecule has 1 aliphatic heterocycles. The molecule has 0 radical (unpaired) electrons. The molecule has 1 aliphatic rings. The van der Waals surface area contributed by atoms with Gasteiger partial charge in [-0.1, -0.05) is 66.7 Å². The van der Waals surface area contributed by atoms with Gasteiger partial charge in [0.2, 0.25) is 0 Å². The fourth-order valence-corrected chi connectivity index (χ4v) is 4.09. The summed E-state index contributed by atoms with van der Waals surface area (Å²) in [5, 5.41) is 3.53. The van der Waals surface area contributed by atoms with Gasteiger partial charge >= 0.3 is 0 Å². The topological polar surface area (TPSA) is 24.5 Å². The lowest BCUT2D eigenvalue weighted by Gasteiger charge is -2.32. The summed E-state index contributed by atoms with van der Waals surface area (Å²) in [6.45, 7) is 7.13. The Morgan fingerprint density at radius 2 is 1.62 bits per heavy atom. The zero-order valence-electron chi connectivity index (χ0n) is 17.2. The van der Waals surface area contributed by atoms with E-state index in [9.17, 15) is 0 Å². The second-order valence-electron chi connectivity index (χ2n) is 7.74. The lowest BCUT2D eigenvalue weighted by atomic mass is 9.93. The van der Waals surface area contributed by atoms with Crippen LogP contribution in [-0.2, 0) is 6.61 Å². The first kappa shape index (κ1) is 19.7. The van der Waals surface area contributed by atoms with Gasteiger partial charge in [0, 0.05) is 19.6 Å². The number of nitrogens with zero attached hydrogens (tertiary/aromatic N) is 1. The molecule has 3 aromatic rings. The minimum absolute atomic E-state index is 0.277. The van der Waals surface area contributed by atoms with E-state index in [0.29, 0.717) is 6.61 Å². The maximum Gasteiger partial charge on any atom is 0.119 e. The molecule has 1 N–H and O–H groups in total. The minimum atomic E-state index is 0.277. The van der Waals surface area contributed by atoms with Gasteiger partial charge in [-0.2, -0.15) is 0 Å². The molecule has 0 spiro atoms. The van der Waals surface area contributed by atoms with Gasteiger partial charge in [0.05, 0.1) is 6.04 Å². The van der Waals surface area contributed by atoms with Crippen molar-refractivity contribution in [3.8, 4) is 5.75 Å². The highest BCUT2D eigenvalue weighted by Crippen LogP contribution is 2.32. The summed E-state index contributed by atoms with van der Waals surface area (Å²) in [5.74, 6) is 0.915. The van der Waals surface area contributed by atoms with Crippen LogP contribution in [-0.4, -0.2) is 31.1 Å². The molecule has 1 atom stereocenters. The highest BCUT2D eigenvalue weighted by Gasteiger charge is 2.24. The highest BCUT2D eigenvalue weighted by molar-refractivity contribution is 5.39. The van der Waals surface area contributed by atoms with E-state index in [2.05, 4.69) is 77.8 Å². The predicted octanol–water partition coefficient (Wildman–Crippen LogP) is 4.96. The van der Waals surface area contributed by atoms with Crippen molar-refractivity contribution in [3.05, 3.63) is 101 Å². The lowest BCUT2D eigenvalue weighted by molar-refractivity contribution is 0.240. The van der Waals surface area contributed by atoms with Crippen LogP contribution in [0.15, 0.2) is 78.9 Å². The number of hydrogen-bond acceptors (Lipinski definition) is 3. The Kier molecular flexibility index (Phi) is 6.60. The van der Waals surface area contributed by atoms with Crippen LogP contribution in [0.4, 0.5) is 0 Å². The first-order chi connectivity index (χ1) is 14.3. The molecule has 3 nitrogen and oxygen atoms in total. The maximum atomic E-state index is 6.00. The zero-order valence-corrected chi connectivity index (χ0v) is 17.2. The average molecular weight is 387 g/mol. The van der Waals surface area contributed by atoms with Gasteiger partial charge in [-0.15, -0.1) is 0 Å². The molecule has 0 aliphatic carbocycles. The Hall–Kier alpha value is -2.62. The first-order valence-electron chi connectivity index (χ1n) is 10.6. The van der Waals surface area contributed by atoms with Crippen molar-refractivity contribution in [1.29, 1.82) is 0 Å². The van der Waals surface area contributed by atoms with Crippen molar-refractivity contribution in [2.24, 2.45) is 0 Å². The summed E-state index contributed by atoms with van der Waals surface area (Å²) < 4.78 is 6.00. The molecule has 0 bridgehead atoms. The molecular weight excluding hydrogens is 356 g/mol. The molecule has 1 heterocycles. The van der Waals surface area contributed by atoms with Crippen LogP contribution in [0.2, 0.25) is 0 Å². The van der Waals surface area contributed by atoms with Crippen LogP contribution < -0.4 is 10.1 Å². The Morgan fingerprint density at radius 1 is 0.862 bits per heavy atom. The zero-order chi connectivity index (χ0) is 19.9. The normalized spacial score (nSPS) is 16.2. The Labute approximate surface area is 174 Å². The van der Waals surface area contributed by atoms with Crippen LogP contribution in [0.1, 0.15) is 34.7 Å². The van der Waals surface area contributed by atoms with Crippen molar-refractivity contribution < 1.29 is 4.74 Å². The summed E-state index contributed by atoms with van der Waals surface area (Å²) in [5.41, 5.74) is 5.26. The average Bonchev–Trinajstić information content (AvgIpc) is 3.05. The largest absolute Gasteiger partial charge is 0.489 e. The molecule has 0 aromatic heterocycles. The summed E-state index contributed by atoms with van der Waals surface area (Å²) in [6, 6.07) is 28.0. The van der Waals surface area contributed by atoms with Crippen LogP contribution in [0.3, 0.4) is 0 Å². The molecule has 1 fully saturated rings. The van der Waals surface area contributed by atoms with Gasteiger partial charge in [-0.05, 0) is 54.3 Å². The van der Waals surface area contributed by atoms with Gasteiger partial charge in [0.1, 0.15) is 12.4 Å². The van der Waals surface area contributed by atoms with Crippen molar-refractivity contribution in [2.45, 2.75) is 26.0 Å². The molecule has 1 saturated heterocycles. The number of rotatable bonds is 6. The SMILES string of the molecule is Cc1ccccc1C(c1ccc(OCc2ccccc2)cc1)N1CCCNCC1. The van der Waals surface area contributed by atoms with E-state index in [1.165, 1.54) is 28.7 Å². The summed E-state index contributed by atoms with van der Waals surface area (Å²) >= 11 is 0. The summed E-state index contributed by atoms with van der Waals surface area (Å²) in [4.78, 5) is 2.61. The van der Waals surface area contributed by atoms with Crippen LogP contribution in [0, 0.1) is 6.92 Å². The summed E-state index contributed by atoms with van der Waals surface area (Å²) in [6.07, 6.45) is 1.18. The van der Waals surface area contributed by atoms with Gasteiger partial charge in [-0.25, -0.2) is 0 Å². The molecular formula is C26H30N2O. The van der Waals surface area contributed by atoms with Crippen LogP contribution in [0.5, 0.6) is 5.75 Å². The molecule has 0 amide bonds. The van der Waals surface area contributed by atoms with Gasteiger partial charge in [-0.3, -0.25) is 4.90 Å². The second kappa shape index (κ2) is 9.73. The third-order valence-electron chi connectivity index (χ3n) is 5.67. The summed E-state index contributed by atoms with van der Waals surface area (Å²) in [7, 11) is 0. The van der Waals surface area contributed by atoms with E-state index in [1.807, 2.05) is 18.2 Å². The molecule has 0 saturated carbocycles. The molecule has 1 unspecified atom stereocenters. The van der Waals surface area contributed by atoms with E-state index in [1.54, 1.807) is 0 Å². The smallest absolute Gasteiger partial charge is 0.119 e. The quantitative estimate of drug-likeness (QED) is 0.648. The second-order valence-corrected chi connectivity index (χ2v) is 7.74. The van der Waals surface area contributed by atoms with Gasteiger partial charge in [0.25, 0.3) is 0 Å². The number of aryl methyl sites for hydroxylation is 1. The number of hydrogen-bond donors (Lipinski definition) is 1. The first-order valence-corrected chi connectivity index (χ1v) is 10.6. The minimum Gasteiger partial charge on any atom is -0.489 e. The third-order valence-corrected chi connectivity index (χ3v) is 5.67. The molecule has 150 valence electrons. The maximum absolute atomic E-state index is 6.00. The molecule has 29 heavy (non-hydrogen) atoms. The number of nitrogens with one attached hydrogen (secondary N) is 1. The van der Waals surface area contributed by atoms with Crippen molar-refractivity contribution in [2.75, 3.05) is 26.2 Å². The van der Waals surface area contributed by atoms with Gasteiger partial charge in [0.15, 0.2) is 0 Å². The molecule has 3 heteroatoms. The Balaban J connectivity index is 1.56. The fraction of sp³-hybridized carbons (Fsp3) is 0.308.